The molecule has 1 aliphatic heterocycles. The maximum Gasteiger partial charge on any atom is 0.472 e. The Bertz CT molecular complexity index is 799. The summed E-state index contributed by atoms with van der Waals surface area (Å²) in [5, 5.41) is -0.0287. The molecule has 10 nitrogen and oxygen atoms in total. The van der Waals surface area contributed by atoms with Gasteiger partial charge in [0.05, 0.1) is 13.2 Å². The smallest absolute Gasteiger partial charge is 0.383 e. The molecule has 0 amide bonds. The Kier molecular flexibility index (Phi) is 8.15. The van der Waals surface area contributed by atoms with Crippen LogP contribution < -0.4 is 11.4 Å². The van der Waals surface area contributed by atoms with E-state index in [4.69, 9.17) is 19.5 Å². The Morgan fingerprint density at radius 2 is 2.25 bits per heavy atom. The summed E-state index contributed by atoms with van der Waals surface area (Å²) in [4.78, 5) is 37.0. The van der Waals surface area contributed by atoms with E-state index in [2.05, 4.69) is 4.98 Å². The molecule has 0 aromatic carbocycles. The van der Waals surface area contributed by atoms with Gasteiger partial charge in [-0.15, -0.1) is 11.8 Å². The van der Waals surface area contributed by atoms with Crippen LogP contribution in [0.15, 0.2) is 17.1 Å². The van der Waals surface area contributed by atoms with Gasteiger partial charge in [-0.25, -0.2) is 9.36 Å². The van der Waals surface area contributed by atoms with Crippen LogP contribution in [0, 0.1) is 5.41 Å². The third kappa shape index (κ3) is 7.18. The number of rotatable bonds is 8. The average Bonchev–Trinajstić information content (AvgIpc) is 3.05. The van der Waals surface area contributed by atoms with E-state index < -0.39 is 30.6 Å². The van der Waals surface area contributed by atoms with E-state index in [1.54, 1.807) is 20.8 Å². The molecule has 3 N–H and O–H groups in total. The minimum atomic E-state index is -4.27. The summed E-state index contributed by atoms with van der Waals surface area (Å²) in [6.45, 7) is 5.09. The van der Waals surface area contributed by atoms with Gasteiger partial charge in [0.15, 0.2) is 5.12 Å². The van der Waals surface area contributed by atoms with Crippen molar-refractivity contribution < 1.29 is 28.0 Å². The number of thioether (sulfide) groups is 2. The number of anilines is 1. The molecule has 2 rings (SSSR count). The normalized spacial score (nSPS) is 22.1. The number of ether oxygens (including phenoxy) is 1. The highest BCUT2D eigenvalue weighted by atomic mass is 32.2. The van der Waals surface area contributed by atoms with Gasteiger partial charge in [-0.2, -0.15) is 4.98 Å². The monoisotopic (exact) mass is 453 g/mol. The highest BCUT2D eigenvalue weighted by Crippen LogP contribution is 2.45. The highest BCUT2D eigenvalue weighted by Gasteiger charge is 2.31. The first-order chi connectivity index (χ1) is 13.0. The van der Waals surface area contributed by atoms with Crippen LogP contribution in [0.25, 0.3) is 0 Å². The first-order valence-corrected chi connectivity index (χ1v) is 11.9. The molecule has 0 spiro atoms. The summed E-state index contributed by atoms with van der Waals surface area (Å²) in [5.74, 6) is 0.808. The summed E-state index contributed by atoms with van der Waals surface area (Å²) < 4.78 is 28.7. The number of carbonyl (C=O) groups excluding carboxylic acids is 1. The SMILES string of the molecule is CC(C)(C)C(=O)SCCOP(=O)(O)OCC1OC(n2ccc(N)nc2=O)CS1. The van der Waals surface area contributed by atoms with E-state index in [0.29, 0.717) is 5.75 Å². The second kappa shape index (κ2) is 9.75. The Hall–Kier alpha value is -0.880. The van der Waals surface area contributed by atoms with Crippen molar-refractivity contribution in [2.45, 2.75) is 32.4 Å². The van der Waals surface area contributed by atoms with Gasteiger partial charge in [-0.3, -0.25) is 18.4 Å². The van der Waals surface area contributed by atoms with Crippen LogP contribution in [0.5, 0.6) is 0 Å². The fraction of sp³-hybridized carbons (Fsp3) is 0.667. The molecule has 2 heterocycles. The fourth-order valence-corrected chi connectivity index (χ4v) is 4.74. The Labute approximate surface area is 171 Å². The van der Waals surface area contributed by atoms with Crippen molar-refractivity contribution >= 4 is 42.3 Å². The molecular formula is C15H24N3O7PS2. The van der Waals surface area contributed by atoms with Crippen molar-refractivity contribution in [3.8, 4) is 0 Å². The predicted molar refractivity (Wildman–Crippen MR) is 108 cm³/mol. The quantitative estimate of drug-likeness (QED) is 0.440. The number of carbonyl (C=O) groups is 1. The summed E-state index contributed by atoms with van der Waals surface area (Å²) >= 11 is 2.37. The highest BCUT2D eigenvalue weighted by molar-refractivity contribution is 8.13. The van der Waals surface area contributed by atoms with Crippen LogP contribution in [0.2, 0.25) is 0 Å². The van der Waals surface area contributed by atoms with Gasteiger partial charge in [0.2, 0.25) is 0 Å². The molecule has 0 saturated carbocycles. The van der Waals surface area contributed by atoms with E-state index in [0.717, 1.165) is 11.8 Å². The number of aromatic nitrogens is 2. The topological polar surface area (TPSA) is 143 Å². The van der Waals surface area contributed by atoms with Crippen molar-refractivity contribution in [2.24, 2.45) is 5.41 Å². The van der Waals surface area contributed by atoms with Gasteiger partial charge in [0, 0.05) is 23.1 Å². The van der Waals surface area contributed by atoms with Gasteiger partial charge < -0.3 is 15.4 Å². The fourth-order valence-electron chi connectivity index (χ4n) is 2.02. The second-order valence-corrected chi connectivity index (χ2v) is 10.6. The van der Waals surface area contributed by atoms with Gasteiger partial charge in [-0.1, -0.05) is 32.5 Å². The molecule has 1 aromatic heterocycles. The van der Waals surface area contributed by atoms with Gasteiger partial charge in [0.1, 0.15) is 17.5 Å². The molecule has 158 valence electrons. The zero-order chi connectivity index (χ0) is 20.9. The zero-order valence-corrected chi connectivity index (χ0v) is 18.3. The van der Waals surface area contributed by atoms with E-state index in [-0.39, 0.29) is 29.9 Å². The van der Waals surface area contributed by atoms with Gasteiger partial charge in [-0.05, 0) is 6.07 Å². The molecule has 1 fully saturated rings. The number of hydrogen-bond donors (Lipinski definition) is 2. The molecule has 1 aliphatic rings. The summed E-state index contributed by atoms with van der Waals surface area (Å²) in [6, 6.07) is 1.48. The van der Waals surface area contributed by atoms with Crippen LogP contribution in [0.3, 0.4) is 0 Å². The first kappa shape index (κ1) is 23.4. The first-order valence-electron chi connectivity index (χ1n) is 8.39. The molecule has 0 aliphatic carbocycles. The van der Waals surface area contributed by atoms with Crippen LogP contribution in [0.4, 0.5) is 5.82 Å². The van der Waals surface area contributed by atoms with Crippen molar-refractivity contribution in [2.75, 3.05) is 30.5 Å². The number of hydrogen-bond acceptors (Lipinski definition) is 10. The van der Waals surface area contributed by atoms with Crippen molar-refractivity contribution in [3.05, 3.63) is 22.7 Å². The summed E-state index contributed by atoms with van der Waals surface area (Å²) in [7, 11) is -4.27. The van der Waals surface area contributed by atoms with Crippen LogP contribution in [-0.2, 0) is 23.1 Å². The van der Waals surface area contributed by atoms with Crippen molar-refractivity contribution in [1.29, 1.82) is 0 Å². The molecule has 13 heteroatoms. The van der Waals surface area contributed by atoms with Crippen molar-refractivity contribution in [1.82, 2.24) is 9.55 Å². The Morgan fingerprint density at radius 3 is 2.89 bits per heavy atom. The van der Waals surface area contributed by atoms with Crippen LogP contribution in [0.1, 0.15) is 27.0 Å². The van der Waals surface area contributed by atoms with E-state index in [1.807, 2.05) is 0 Å². The third-order valence-electron chi connectivity index (χ3n) is 3.45. The molecule has 1 aromatic rings. The van der Waals surface area contributed by atoms with E-state index in [1.165, 1.54) is 28.6 Å². The number of phosphoric ester groups is 1. The maximum atomic E-state index is 11.9. The molecule has 1 saturated heterocycles. The summed E-state index contributed by atoms with van der Waals surface area (Å²) in [5.41, 5.74) is 3.88. The lowest BCUT2D eigenvalue weighted by atomic mass is 10.00. The predicted octanol–water partition coefficient (Wildman–Crippen LogP) is 1.85. The number of nitrogens with two attached hydrogens (primary N) is 1. The van der Waals surface area contributed by atoms with E-state index >= 15 is 0 Å². The lowest BCUT2D eigenvalue weighted by Gasteiger charge is -2.17. The van der Waals surface area contributed by atoms with Gasteiger partial charge >= 0.3 is 13.5 Å². The molecule has 28 heavy (non-hydrogen) atoms. The minimum absolute atomic E-state index is 0.0287. The zero-order valence-electron chi connectivity index (χ0n) is 15.8. The number of nitrogens with zero attached hydrogens (tertiary/aromatic N) is 2. The van der Waals surface area contributed by atoms with Crippen LogP contribution >= 0.6 is 31.3 Å². The summed E-state index contributed by atoms with van der Waals surface area (Å²) in [6.07, 6.45) is 0.911. The second-order valence-electron chi connectivity index (χ2n) is 6.88. The number of phosphoric acid groups is 1. The standard InChI is InChI=1S/C15H24N3O7PS2/c1-15(2,3)13(19)27-7-6-23-26(21,22)24-8-12-25-11(9-28-12)18-5-4-10(16)17-14(18)20/h4-5,11-12H,6-9H2,1-3H3,(H,21,22)(H2,16,17,20). The lowest BCUT2D eigenvalue weighted by molar-refractivity contribution is -0.117. The largest absolute Gasteiger partial charge is 0.472 e. The van der Waals surface area contributed by atoms with Gasteiger partial charge in [0.25, 0.3) is 0 Å². The van der Waals surface area contributed by atoms with E-state index in [9.17, 15) is 19.0 Å². The molecule has 3 atom stereocenters. The van der Waals surface area contributed by atoms with Crippen LogP contribution in [-0.4, -0.2) is 49.7 Å². The number of nitrogen functional groups attached to an aromatic ring is 1. The Morgan fingerprint density at radius 1 is 1.54 bits per heavy atom. The molecule has 0 bridgehead atoms. The average molecular weight is 453 g/mol. The lowest BCUT2D eigenvalue weighted by Crippen LogP contribution is -2.28. The molecule has 0 radical (unpaired) electrons. The minimum Gasteiger partial charge on any atom is -0.383 e. The maximum absolute atomic E-state index is 11.9. The Balaban J connectivity index is 1.73. The molecule has 3 unspecified atom stereocenters. The van der Waals surface area contributed by atoms with Crippen molar-refractivity contribution in [3.63, 3.8) is 0 Å². The molecular weight excluding hydrogens is 429 g/mol. The third-order valence-corrected chi connectivity index (χ3v) is 6.78.